The van der Waals surface area contributed by atoms with E-state index in [0.29, 0.717) is 6.04 Å². The van der Waals surface area contributed by atoms with Crippen molar-refractivity contribution in [2.24, 2.45) is 0 Å². The lowest BCUT2D eigenvalue weighted by atomic mass is 10.00. The van der Waals surface area contributed by atoms with E-state index in [9.17, 15) is 0 Å². The van der Waals surface area contributed by atoms with Crippen molar-refractivity contribution in [3.63, 3.8) is 0 Å². The normalized spacial score (nSPS) is 12.4. The first kappa shape index (κ1) is 11.8. The fraction of sp³-hybridized carbons (Fsp3) is 0.267. The van der Waals surface area contributed by atoms with E-state index in [1.54, 1.807) is 0 Å². The summed E-state index contributed by atoms with van der Waals surface area (Å²) >= 11 is 0. The molecule has 0 aliphatic heterocycles. The van der Waals surface area contributed by atoms with Crippen LogP contribution in [-0.2, 0) is 6.42 Å². The van der Waals surface area contributed by atoms with Crippen molar-refractivity contribution in [3.05, 3.63) is 65.5 Å². The summed E-state index contributed by atoms with van der Waals surface area (Å²) in [6.07, 6.45) is 2.78. The molecule has 0 spiro atoms. The number of aryl methyl sites for hydroxylation is 1. The van der Waals surface area contributed by atoms with E-state index in [4.69, 9.17) is 0 Å². The van der Waals surface area contributed by atoms with Crippen molar-refractivity contribution >= 4 is 0 Å². The van der Waals surface area contributed by atoms with Crippen LogP contribution in [0.4, 0.5) is 0 Å². The molecule has 0 fully saturated rings. The van der Waals surface area contributed by atoms with Crippen molar-refractivity contribution in [1.82, 2.24) is 10.3 Å². The van der Waals surface area contributed by atoms with Crippen molar-refractivity contribution in [2.45, 2.75) is 19.4 Å². The summed E-state index contributed by atoms with van der Waals surface area (Å²) in [4.78, 5) is 4.45. The van der Waals surface area contributed by atoms with Gasteiger partial charge in [-0.3, -0.25) is 4.98 Å². The number of pyridine rings is 1. The lowest BCUT2D eigenvalue weighted by Gasteiger charge is -2.17. The number of aromatic nitrogens is 1. The zero-order valence-corrected chi connectivity index (χ0v) is 10.4. The van der Waals surface area contributed by atoms with Crippen LogP contribution in [0, 0.1) is 6.92 Å². The molecule has 0 bridgehead atoms. The Bertz CT molecular complexity index is 465. The third-order valence-electron chi connectivity index (χ3n) is 3.07. The minimum atomic E-state index is 0.324. The van der Waals surface area contributed by atoms with E-state index in [2.05, 4.69) is 47.6 Å². The zero-order chi connectivity index (χ0) is 12.1. The molecule has 0 saturated carbocycles. The van der Waals surface area contributed by atoms with Gasteiger partial charge in [-0.05, 0) is 31.2 Å². The van der Waals surface area contributed by atoms with Gasteiger partial charge in [-0.15, -0.1) is 0 Å². The summed E-state index contributed by atoms with van der Waals surface area (Å²) in [5.41, 5.74) is 3.72. The first-order valence-electron chi connectivity index (χ1n) is 5.94. The SMILES string of the molecule is CNC(Cc1ncccc1C)c1ccccc1. The van der Waals surface area contributed by atoms with E-state index < -0.39 is 0 Å². The van der Waals surface area contributed by atoms with E-state index in [-0.39, 0.29) is 0 Å². The topological polar surface area (TPSA) is 24.9 Å². The van der Waals surface area contributed by atoms with E-state index >= 15 is 0 Å². The molecule has 1 heterocycles. The minimum Gasteiger partial charge on any atom is -0.313 e. The highest BCUT2D eigenvalue weighted by atomic mass is 14.9. The number of nitrogens with zero attached hydrogens (tertiary/aromatic N) is 1. The molecule has 2 heteroatoms. The van der Waals surface area contributed by atoms with Crippen molar-refractivity contribution < 1.29 is 0 Å². The Hall–Kier alpha value is -1.67. The van der Waals surface area contributed by atoms with Gasteiger partial charge in [0.05, 0.1) is 0 Å². The average Bonchev–Trinajstić information content (AvgIpc) is 2.39. The zero-order valence-electron chi connectivity index (χ0n) is 10.4. The number of hydrogen-bond acceptors (Lipinski definition) is 2. The molecule has 0 radical (unpaired) electrons. The predicted molar refractivity (Wildman–Crippen MR) is 70.9 cm³/mol. The second kappa shape index (κ2) is 5.60. The maximum atomic E-state index is 4.45. The summed E-state index contributed by atoms with van der Waals surface area (Å²) in [7, 11) is 2.00. The van der Waals surface area contributed by atoms with Crippen LogP contribution >= 0.6 is 0 Å². The summed E-state index contributed by atoms with van der Waals surface area (Å²) in [6, 6.07) is 14.9. The fourth-order valence-corrected chi connectivity index (χ4v) is 2.00. The number of benzene rings is 1. The minimum absolute atomic E-state index is 0.324. The Balaban J connectivity index is 2.19. The molecular weight excluding hydrogens is 208 g/mol. The molecule has 2 nitrogen and oxygen atoms in total. The fourth-order valence-electron chi connectivity index (χ4n) is 2.00. The van der Waals surface area contributed by atoms with Gasteiger partial charge in [-0.1, -0.05) is 36.4 Å². The molecule has 0 aliphatic rings. The highest BCUT2D eigenvalue weighted by Crippen LogP contribution is 2.18. The second-order valence-corrected chi connectivity index (χ2v) is 4.22. The van der Waals surface area contributed by atoms with Gasteiger partial charge in [0.1, 0.15) is 0 Å². The molecule has 1 N–H and O–H groups in total. The molecule has 1 unspecified atom stereocenters. The molecule has 17 heavy (non-hydrogen) atoms. The number of likely N-dealkylation sites (N-methyl/N-ethyl adjacent to an activating group) is 1. The van der Waals surface area contributed by atoms with Gasteiger partial charge in [-0.25, -0.2) is 0 Å². The quantitative estimate of drug-likeness (QED) is 0.867. The Morgan fingerprint density at radius 1 is 1.12 bits per heavy atom. The van der Waals surface area contributed by atoms with E-state index in [1.165, 1.54) is 11.1 Å². The molecule has 88 valence electrons. The van der Waals surface area contributed by atoms with Crippen LogP contribution in [0.5, 0.6) is 0 Å². The van der Waals surface area contributed by atoms with E-state index in [0.717, 1.165) is 12.1 Å². The molecule has 2 aromatic rings. The third-order valence-corrected chi connectivity index (χ3v) is 3.07. The van der Waals surface area contributed by atoms with Gasteiger partial charge in [0.25, 0.3) is 0 Å². The molecule has 1 atom stereocenters. The van der Waals surface area contributed by atoms with Gasteiger partial charge in [0.2, 0.25) is 0 Å². The van der Waals surface area contributed by atoms with Crippen LogP contribution in [-0.4, -0.2) is 12.0 Å². The lowest BCUT2D eigenvalue weighted by Crippen LogP contribution is -2.19. The van der Waals surface area contributed by atoms with E-state index in [1.807, 2.05) is 25.4 Å². The largest absolute Gasteiger partial charge is 0.313 e. The molecule has 1 aromatic heterocycles. The van der Waals surface area contributed by atoms with Crippen LogP contribution < -0.4 is 5.32 Å². The molecule has 0 saturated heterocycles. The van der Waals surface area contributed by atoms with Gasteiger partial charge in [-0.2, -0.15) is 0 Å². The first-order valence-corrected chi connectivity index (χ1v) is 5.94. The highest BCUT2D eigenvalue weighted by Gasteiger charge is 2.11. The number of rotatable bonds is 4. The van der Waals surface area contributed by atoms with Gasteiger partial charge >= 0.3 is 0 Å². The third kappa shape index (κ3) is 2.92. The maximum absolute atomic E-state index is 4.45. The molecule has 2 rings (SSSR count). The molecule has 0 amide bonds. The van der Waals surface area contributed by atoms with Crippen LogP contribution in [0.2, 0.25) is 0 Å². The lowest BCUT2D eigenvalue weighted by molar-refractivity contribution is 0.582. The Labute approximate surface area is 103 Å². The molecular formula is C15H18N2. The van der Waals surface area contributed by atoms with Crippen LogP contribution in [0.3, 0.4) is 0 Å². The smallest absolute Gasteiger partial charge is 0.0451 e. The Morgan fingerprint density at radius 3 is 2.53 bits per heavy atom. The highest BCUT2D eigenvalue weighted by molar-refractivity contribution is 5.24. The summed E-state index contributed by atoms with van der Waals surface area (Å²) in [6.45, 7) is 2.11. The Morgan fingerprint density at radius 2 is 1.88 bits per heavy atom. The van der Waals surface area contributed by atoms with Crippen molar-refractivity contribution in [1.29, 1.82) is 0 Å². The Kier molecular flexibility index (Phi) is 3.89. The van der Waals surface area contributed by atoms with Gasteiger partial charge in [0.15, 0.2) is 0 Å². The second-order valence-electron chi connectivity index (χ2n) is 4.22. The predicted octanol–water partition coefficient (Wildman–Crippen LogP) is 2.89. The van der Waals surface area contributed by atoms with Gasteiger partial charge < -0.3 is 5.32 Å². The van der Waals surface area contributed by atoms with Crippen molar-refractivity contribution in [2.75, 3.05) is 7.05 Å². The summed E-state index contributed by atoms with van der Waals surface area (Å²) < 4.78 is 0. The summed E-state index contributed by atoms with van der Waals surface area (Å²) in [5.74, 6) is 0. The van der Waals surface area contributed by atoms with Crippen LogP contribution in [0.15, 0.2) is 48.7 Å². The monoisotopic (exact) mass is 226 g/mol. The van der Waals surface area contributed by atoms with Crippen molar-refractivity contribution in [3.8, 4) is 0 Å². The number of hydrogen-bond donors (Lipinski definition) is 1. The first-order chi connectivity index (χ1) is 8.31. The standard InChI is InChI=1S/C15H18N2/c1-12-7-6-10-17-14(12)11-15(16-2)13-8-4-3-5-9-13/h3-10,15-16H,11H2,1-2H3. The average molecular weight is 226 g/mol. The van der Waals surface area contributed by atoms with Crippen LogP contribution in [0.1, 0.15) is 22.9 Å². The summed E-state index contributed by atoms with van der Waals surface area (Å²) in [5, 5.41) is 3.35. The maximum Gasteiger partial charge on any atom is 0.0451 e. The molecule has 0 aliphatic carbocycles. The molecule has 1 aromatic carbocycles. The van der Waals surface area contributed by atoms with Gasteiger partial charge in [0, 0.05) is 24.4 Å². The van der Waals surface area contributed by atoms with Crippen LogP contribution in [0.25, 0.3) is 0 Å². The number of nitrogens with one attached hydrogen (secondary N) is 1.